The Balaban J connectivity index is 1.62. The molecule has 0 bridgehead atoms. The van der Waals surface area contributed by atoms with Crippen LogP contribution in [0.5, 0.6) is 11.5 Å². The summed E-state index contributed by atoms with van der Waals surface area (Å²) in [4.78, 5) is 6.61. The molecule has 8 heteroatoms. The molecule has 0 spiro atoms. The molecule has 2 atom stereocenters. The molecular weight excluding hydrogens is 482 g/mol. The molecular formula is C27H24ClN3O3S. The molecule has 1 aliphatic heterocycles. The number of nitrogens with one attached hydrogen (secondary N) is 1. The van der Waals surface area contributed by atoms with Crippen molar-refractivity contribution in [3.05, 3.63) is 95.0 Å². The molecule has 2 aromatic heterocycles. The molecule has 1 aliphatic rings. The van der Waals surface area contributed by atoms with Crippen LogP contribution in [0.1, 0.15) is 29.1 Å². The van der Waals surface area contributed by atoms with E-state index >= 15 is 0 Å². The van der Waals surface area contributed by atoms with E-state index in [1.807, 2.05) is 78.6 Å². The molecule has 0 amide bonds. The molecule has 0 unspecified atom stereocenters. The number of rotatable bonds is 6. The van der Waals surface area contributed by atoms with Gasteiger partial charge in [0.05, 0.1) is 31.6 Å². The van der Waals surface area contributed by atoms with Crippen molar-refractivity contribution in [3.63, 3.8) is 0 Å². The minimum Gasteiger partial charge on any atom is -0.497 e. The van der Waals surface area contributed by atoms with E-state index in [1.165, 1.54) is 0 Å². The minimum absolute atomic E-state index is 0.240. The summed E-state index contributed by atoms with van der Waals surface area (Å²) in [6.45, 7) is 1.97. The summed E-state index contributed by atoms with van der Waals surface area (Å²) in [6.07, 6.45) is 1.77. The third kappa shape index (κ3) is 4.33. The molecule has 2 aromatic carbocycles. The summed E-state index contributed by atoms with van der Waals surface area (Å²) < 4.78 is 17.5. The predicted molar refractivity (Wildman–Crippen MR) is 141 cm³/mol. The quantitative estimate of drug-likeness (QED) is 0.300. The Kier molecular flexibility index (Phi) is 6.36. The third-order valence-electron chi connectivity index (χ3n) is 6.12. The van der Waals surface area contributed by atoms with Crippen LogP contribution in [0, 0.1) is 6.92 Å². The maximum Gasteiger partial charge on any atom is 0.174 e. The molecule has 3 heterocycles. The number of benzene rings is 2. The van der Waals surface area contributed by atoms with Gasteiger partial charge in [0.1, 0.15) is 29.1 Å². The summed E-state index contributed by atoms with van der Waals surface area (Å²) >= 11 is 12.2. The van der Waals surface area contributed by atoms with Crippen LogP contribution < -0.4 is 19.7 Å². The maximum atomic E-state index is 6.43. The molecule has 1 saturated heterocycles. The number of furan rings is 1. The lowest BCUT2D eigenvalue weighted by Crippen LogP contribution is -2.29. The number of anilines is 1. The fourth-order valence-corrected chi connectivity index (χ4v) is 4.82. The fraction of sp³-hybridized carbons (Fsp3) is 0.185. The molecule has 6 nitrogen and oxygen atoms in total. The second-order valence-electron chi connectivity index (χ2n) is 8.20. The van der Waals surface area contributed by atoms with Crippen LogP contribution in [-0.2, 0) is 0 Å². The van der Waals surface area contributed by atoms with Crippen LogP contribution in [0.4, 0.5) is 5.69 Å². The highest BCUT2D eigenvalue weighted by Crippen LogP contribution is 2.46. The van der Waals surface area contributed by atoms with E-state index < -0.39 is 0 Å². The summed E-state index contributed by atoms with van der Waals surface area (Å²) in [6, 6.07) is 20.8. The van der Waals surface area contributed by atoms with Crippen molar-refractivity contribution in [1.82, 2.24) is 10.3 Å². The van der Waals surface area contributed by atoms with Crippen LogP contribution >= 0.6 is 23.8 Å². The smallest absolute Gasteiger partial charge is 0.174 e. The Hall–Kier alpha value is -3.55. The summed E-state index contributed by atoms with van der Waals surface area (Å²) in [5.74, 6) is 2.79. The first-order valence-corrected chi connectivity index (χ1v) is 11.9. The average molecular weight is 506 g/mol. The van der Waals surface area contributed by atoms with Gasteiger partial charge in [-0.25, -0.2) is 0 Å². The van der Waals surface area contributed by atoms with E-state index in [-0.39, 0.29) is 12.1 Å². The van der Waals surface area contributed by atoms with Crippen molar-refractivity contribution in [2.45, 2.75) is 19.0 Å². The monoisotopic (exact) mass is 505 g/mol. The van der Waals surface area contributed by atoms with E-state index in [2.05, 4.69) is 10.3 Å². The van der Waals surface area contributed by atoms with E-state index in [0.717, 1.165) is 34.0 Å². The lowest BCUT2D eigenvalue weighted by Gasteiger charge is -2.27. The third-order valence-corrected chi connectivity index (χ3v) is 6.84. The number of aromatic nitrogens is 1. The molecule has 5 rings (SSSR count). The first kappa shape index (κ1) is 23.2. The van der Waals surface area contributed by atoms with Crippen LogP contribution in [0.2, 0.25) is 5.02 Å². The first-order valence-electron chi connectivity index (χ1n) is 11.1. The van der Waals surface area contributed by atoms with Gasteiger partial charge in [-0.1, -0.05) is 29.8 Å². The van der Waals surface area contributed by atoms with Crippen molar-refractivity contribution >= 4 is 34.6 Å². The number of pyridine rings is 1. The van der Waals surface area contributed by atoms with Crippen LogP contribution in [-0.4, -0.2) is 24.3 Å². The highest BCUT2D eigenvalue weighted by Gasteiger charge is 2.43. The molecule has 0 radical (unpaired) electrons. The van der Waals surface area contributed by atoms with Crippen molar-refractivity contribution in [3.8, 4) is 22.8 Å². The van der Waals surface area contributed by atoms with Gasteiger partial charge >= 0.3 is 0 Å². The van der Waals surface area contributed by atoms with E-state index in [0.29, 0.717) is 21.6 Å². The van der Waals surface area contributed by atoms with Crippen molar-refractivity contribution in [1.29, 1.82) is 0 Å². The van der Waals surface area contributed by atoms with Gasteiger partial charge in [-0.3, -0.25) is 4.98 Å². The van der Waals surface area contributed by atoms with E-state index in [1.54, 1.807) is 20.4 Å². The largest absolute Gasteiger partial charge is 0.497 e. The summed E-state index contributed by atoms with van der Waals surface area (Å²) in [5.41, 5.74) is 3.57. The zero-order valence-electron chi connectivity index (χ0n) is 19.5. The molecule has 0 aliphatic carbocycles. The zero-order valence-corrected chi connectivity index (χ0v) is 21.1. The lowest BCUT2D eigenvalue weighted by atomic mass is 10.0. The minimum atomic E-state index is -0.311. The van der Waals surface area contributed by atoms with Gasteiger partial charge in [-0.05, 0) is 67.2 Å². The number of thiocarbonyl (C=S) groups is 1. The normalized spacial score (nSPS) is 17.4. The van der Waals surface area contributed by atoms with Crippen molar-refractivity contribution < 1.29 is 13.9 Å². The maximum absolute atomic E-state index is 6.43. The Labute approximate surface area is 214 Å². The Morgan fingerprint density at radius 3 is 2.60 bits per heavy atom. The number of nitrogens with zero attached hydrogens (tertiary/aromatic N) is 2. The number of hydrogen-bond donors (Lipinski definition) is 1. The average Bonchev–Trinajstić information content (AvgIpc) is 3.50. The molecule has 1 fully saturated rings. The van der Waals surface area contributed by atoms with Gasteiger partial charge in [0.15, 0.2) is 5.11 Å². The van der Waals surface area contributed by atoms with Gasteiger partial charge in [0.2, 0.25) is 0 Å². The number of halogens is 1. The van der Waals surface area contributed by atoms with Crippen LogP contribution in [0.3, 0.4) is 0 Å². The Bertz CT molecular complexity index is 1380. The molecule has 0 saturated carbocycles. The van der Waals surface area contributed by atoms with Gasteiger partial charge in [-0.15, -0.1) is 0 Å². The van der Waals surface area contributed by atoms with Crippen molar-refractivity contribution in [2.75, 3.05) is 19.1 Å². The summed E-state index contributed by atoms with van der Waals surface area (Å²) in [5, 5.41) is 4.68. The van der Waals surface area contributed by atoms with Gasteiger partial charge in [-0.2, -0.15) is 0 Å². The van der Waals surface area contributed by atoms with Crippen molar-refractivity contribution in [2.24, 2.45) is 0 Å². The predicted octanol–water partition coefficient (Wildman–Crippen LogP) is 6.50. The standard InChI is InChI=1S/C27H24ClN3O3S/c1-16-7-8-17(14-19(16)28)22-11-12-23(34-22)26-25(20-6-4-5-13-29-20)30-27(35)31(26)21-10-9-18(32-2)15-24(21)33-3/h4-15,25-26H,1-3H3,(H,30,35)/t25-,26-/m1/s1. The fourth-order valence-electron chi connectivity index (χ4n) is 4.30. The SMILES string of the molecule is COc1ccc(N2C(=S)N[C@H](c3ccccn3)[C@H]2c2ccc(-c3ccc(C)c(Cl)c3)o2)c(OC)c1. The molecule has 4 aromatic rings. The van der Waals surface area contributed by atoms with Gasteiger partial charge < -0.3 is 24.1 Å². The van der Waals surface area contributed by atoms with Crippen LogP contribution in [0.25, 0.3) is 11.3 Å². The number of ether oxygens (including phenoxy) is 2. The number of methoxy groups -OCH3 is 2. The van der Waals surface area contributed by atoms with Crippen LogP contribution in [0.15, 0.2) is 77.3 Å². The Morgan fingerprint density at radius 2 is 1.89 bits per heavy atom. The molecule has 35 heavy (non-hydrogen) atoms. The highest BCUT2D eigenvalue weighted by molar-refractivity contribution is 7.80. The van der Waals surface area contributed by atoms with E-state index in [9.17, 15) is 0 Å². The lowest BCUT2D eigenvalue weighted by molar-refractivity contribution is 0.392. The Morgan fingerprint density at radius 1 is 1.03 bits per heavy atom. The highest BCUT2D eigenvalue weighted by atomic mass is 35.5. The number of aryl methyl sites for hydroxylation is 1. The van der Waals surface area contributed by atoms with Gasteiger partial charge in [0, 0.05) is 22.8 Å². The number of hydrogen-bond acceptors (Lipinski definition) is 5. The topological polar surface area (TPSA) is 59.8 Å². The second-order valence-corrected chi connectivity index (χ2v) is 8.99. The van der Waals surface area contributed by atoms with Gasteiger partial charge in [0.25, 0.3) is 0 Å². The zero-order chi connectivity index (χ0) is 24.5. The second kappa shape index (κ2) is 9.60. The first-order chi connectivity index (χ1) is 17.0. The molecule has 178 valence electrons. The van der Waals surface area contributed by atoms with E-state index in [4.69, 9.17) is 37.7 Å². The molecule has 1 N–H and O–H groups in total. The summed E-state index contributed by atoms with van der Waals surface area (Å²) in [7, 11) is 3.25.